The summed E-state index contributed by atoms with van der Waals surface area (Å²) >= 11 is 0. The predicted molar refractivity (Wildman–Crippen MR) is 104 cm³/mol. The molecule has 0 aromatic carbocycles. The summed E-state index contributed by atoms with van der Waals surface area (Å²) in [7, 11) is 1.70. The standard InChI is InChI=1S/C19H39N3O3/c1-8-20-17(22-15-19(5,6)24-7)21-14-12-10-9-11-13-16(23)25-18(2,3)4/h8-15H2,1-7H3,(H2,20,21,22). The number of hydrogen-bond acceptors (Lipinski definition) is 4. The quantitative estimate of drug-likeness (QED) is 0.257. The summed E-state index contributed by atoms with van der Waals surface area (Å²) in [5.74, 6) is 0.717. The van der Waals surface area contributed by atoms with Gasteiger partial charge in [-0.3, -0.25) is 9.79 Å². The van der Waals surface area contributed by atoms with E-state index in [1.54, 1.807) is 7.11 Å². The van der Waals surface area contributed by atoms with Crippen molar-refractivity contribution in [2.45, 2.75) is 84.8 Å². The number of carbonyl (C=O) groups excluding carboxylic acids is 1. The third kappa shape index (κ3) is 14.7. The highest BCUT2D eigenvalue weighted by molar-refractivity contribution is 5.79. The summed E-state index contributed by atoms with van der Waals surface area (Å²) < 4.78 is 10.7. The third-order valence-corrected chi connectivity index (χ3v) is 3.53. The molecule has 25 heavy (non-hydrogen) atoms. The minimum Gasteiger partial charge on any atom is -0.460 e. The molecule has 0 heterocycles. The van der Waals surface area contributed by atoms with Gasteiger partial charge in [-0.05, 0) is 54.4 Å². The van der Waals surface area contributed by atoms with E-state index < -0.39 is 0 Å². The first kappa shape index (κ1) is 23.7. The molecule has 0 unspecified atom stereocenters. The van der Waals surface area contributed by atoms with Crippen molar-refractivity contribution in [2.24, 2.45) is 4.99 Å². The number of unbranched alkanes of at least 4 members (excludes halogenated alkanes) is 3. The van der Waals surface area contributed by atoms with Gasteiger partial charge in [0.25, 0.3) is 0 Å². The third-order valence-electron chi connectivity index (χ3n) is 3.53. The molecule has 0 saturated heterocycles. The Bertz CT molecular complexity index is 401. The number of esters is 1. The smallest absolute Gasteiger partial charge is 0.306 e. The second kappa shape index (κ2) is 12.1. The molecule has 0 aromatic rings. The Morgan fingerprint density at radius 1 is 1.00 bits per heavy atom. The molecule has 0 radical (unpaired) electrons. The molecule has 6 heteroatoms. The number of methoxy groups -OCH3 is 1. The minimum absolute atomic E-state index is 0.104. The molecule has 0 rings (SSSR count). The number of nitrogens with one attached hydrogen (secondary N) is 2. The van der Waals surface area contributed by atoms with E-state index in [2.05, 4.69) is 22.5 Å². The lowest BCUT2D eigenvalue weighted by atomic mass is 10.1. The van der Waals surface area contributed by atoms with Crippen molar-refractivity contribution in [1.82, 2.24) is 10.6 Å². The number of nitrogens with zero attached hydrogens (tertiary/aromatic N) is 1. The Labute approximate surface area is 154 Å². The first-order valence-corrected chi connectivity index (χ1v) is 9.39. The topological polar surface area (TPSA) is 72.0 Å². The fourth-order valence-electron chi connectivity index (χ4n) is 2.02. The number of carbonyl (C=O) groups is 1. The maximum atomic E-state index is 11.6. The van der Waals surface area contributed by atoms with Gasteiger partial charge in [0, 0.05) is 26.6 Å². The molecule has 0 fully saturated rings. The van der Waals surface area contributed by atoms with E-state index in [1.165, 1.54) is 0 Å². The average molecular weight is 358 g/mol. The second-order valence-corrected chi connectivity index (χ2v) is 7.84. The van der Waals surface area contributed by atoms with Crippen LogP contribution in [-0.4, -0.2) is 49.9 Å². The zero-order valence-corrected chi connectivity index (χ0v) is 17.3. The summed E-state index contributed by atoms with van der Waals surface area (Å²) in [6.07, 6.45) is 4.54. The number of aliphatic imine (C=N–C) groups is 1. The summed E-state index contributed by atoms with van der Waals surface area (Å²) in [6, 6.07) is 0. The summed E-state index contributed by atoms with van der Waals surface area (Å²) in [5.41, 5.74) is -0.648. The maximum absolute atomic E-state index is 11.6. The fourth-order valence-corrected chi connectivity index (χ4v) is 2.02. The van der Waals surface area contributed by atoms with Gasteiger partial charge in [0.2, 0.25) is 0 Å². The van der Waals surface area contributed by atoms with Crippen LogP contribution in [0.15, 0.2) is 4.99 Å². The lowest BCUT2D eigenvalue weighted by molar-refractivity contribution is -0.154. The average Bonchev–Trinajstić information content (AvgIpc) is 2.49. The zero-order valence-electron chi connectivity index (χ0n) is 17.3. The highest BCUT2D eigenvalue weighted by atomic mass is 16.6. The van der Waals surface area contributed by atoms with Gasteiger partial charge in [0.15, 0.2) is 5.96 Å². The highest BCUT2D eigenvalue weighted by Crippen LogP contribution is 2.11. The number of ether oxygens (including phenoxy) is 2. The first-order chi connectivity index (χ1) is 11.6. The van der Waals surface area contributed by atoms with Crippen molar-refractivity contribution >= 4 is 11.9 Å². The molecular weight excluding hydrogens is 318 g/mol. The van der Waals surface area contributed by atoms with Crippen molar-refractivity contribution in [3.8, 4) is 0 Å². The molecule has 0 aliphatic carbocycles. The minimum atomic E-state index is -0.388. The fraction of sp³-hybridized carbons (Fsp3) is 0.895. The van der Waals surface area contributed by atoms with Crippen molar-refractivity contribution in [2.75, 3.05) is 26.7 Å². The van der Waals surface area contributed by atoms with Crippen LogP contribution in [0.3, 0.4) is 0 Å². The molecular formula is C19H39N3O3. The van der Waals surface area contributed by atoms with Gasteiger partial charge in [-0.25, -0.2) is 0 Å². The largest absolute Gasteiger partial charge is 0.460 e. The second-order valence-electron chi connectivity index (χ2n) is 7.84. The van der Waals surface area contributed by atoms with Crippen LogP contribution >= 0.6 is 0 Å². The summed E-state index contributed by atoms with van der Waals surface area (Å²) in [4.78, 5) is 16.2. The molecule has 0 aliphatic heterocycles. The molecule has 0 aromatic heterocycles. The molecule has 0 atom stereocenters. The Kier molecular flexibility index (Phi) is 11.5. The van der Waals surface area contributed by atoms with Crippen LogP contribution in [0.1, 0.15) is 73.6 Å². The lowest BCUT2D eigenvalue weighted by Gasteiger charge is -2.21. The normalized spacial score (nSPS) is 12.8. The first-order valence-electron chi connectivity index (χ1n) is 9.39. The van der Waals surface area contributed by atoms with Crippen LogP contribution in [0.5, 0.6) is 0 Å². The van der Waals surface area contributed by atoms with E-state index in [-0.39, 0.29) is 17.2 Å². The van der Waals surface area contributed by atoms with E-state index in [1.807, 2.05) is 34.6 Å². The number of hydrogen-bond donors (Lipinski definition) is 2. The maximum Gasteiger partial charge on any atom is 0.306 e. The molecule has 0 saturated carbocycles. The number of rotatable bonds is 11. The molecule has 0 aliphatic rings. The van der Waals surface area contributed by atoms with Crippen LogP contribution in [-0.2, 0) is 14.3 Å². The summed E-state index contributed by atoms with van der Waals surface area (Å²) in [5, 5.41) is 6.58. The van der Waals surface area contributed by atoms with Crippen molar-refractivity contribution in [1.29, 1.82) is 0 Å². The van der Waals surface area contributed by atoms with Crippen LogP contribution in [0.2, 0.25) is 0 Å². The van der Waals surface area contributed by atoms with E-state index in [0.717, 1.165) is 44.7 Å². The molecule has 0 amide bonds. The van der Waals surface area contributed by atoms with Gasteiger partial charge in [-0.1, -0.05) is 12.8 Å². The van der Waals surface area contributed by atoms with Crippen LogP contribution < -0.4 is 10.6 Å². The van der Waals surface area contributed by atoms with Gasteiger partial charge < -0.3 is 20.1 Å². The number of guanidine groups is 1. The molecule has 0 spiro atoms. The Balaban J connectivity index is 3.89. The van der Waals surface area contributed by atoms with E-state index in [9.17, 15) is 4.79 Å². The van der Waals surface area contributed by atoms with E-state index in [4.69, 9.17) is 9.47 Å². The SMILES string of the molecule is CCNC(=NCC(C)(C)OC)NCCCCCCC(=O)OC(C)(C)C. The van der Waals surface area contributed by atoms with Gasteiger partial charge >= 0.3 is 5.97 Å². The zero-order chi connectivity index (χ0) is 19.3. The monoisotopic (exact) mass is 357 g/mol. The van der Waals surface area contributed by atoms with Crippen molar-refractivity contribution in [3.63, 3.8) is 0 Å². The molecule has 148 valence electrons. The van der Waals surface area contributed by atoms with Crippen LogP contribution in [0.4, 0.5) is 0 Å². The predicted octanol–water partition coefficient (Wildman–Crippen LogP) is 3.26. The lowest BCUT2D eigenvalue weighted by Crippen LogP contribution is -2.39. The van der Waals surface area contributed by atoms with Gasteiger partial charge in [-0.2, -0.15) is 0 Å². The highest BCUT2D eigenvalue weighted by Gasteiger charge is 2.16. The Morgan fingerprint density at radius 2 is 1.64 bits per heavy atom. The van der Waals surface area contributed by atoms with Gasteiger partial charge in [0.1, 0.15) is 5.60 Å². The Morgan fingerprint density at radius 3 is 2.20 bits per heavy atom. The molecule has 6 nitrogen and oxygen atoms in total. The molecule has 2 N–H and O–H groups in total. The molecule has 0 bridgehead atoms. The van der Waals surface area contributed by atoms with Crippen LogP contribution in [0, 0.1) is 0 Å². The van der Waals surface area contributed by atoms with E-state index in [0.29, 0.717) is 13.0 Å². The van der Waals surface area contributed by atoms with Crippen molar-refractivity contribution < 1.29 is 14.3 Å². The van der Waals surface area contributed by atoms with Crippen molar-refractivity contribution in [3.05, 3.63) is 0 Å². The Hall–Kier alpha value is -1.30. The van der Waals surface area contributed by atoms with Gasteiger partial charge in [-0.15, -0.1) is 0 Å². The van der Waals surface area contributed by atoms with Crippen LogP contribution in [0.25, 0.3) is 0 Å². The van der Waals surface area contributed by atoms with Gasteiger partial charge in [0.05, 0.1) is 12.1 Å². The summed E-state index contributed by atoms with van der Waals surface area (Å²) in [6.45, 7) is 14.1. The van der Waals surface area contributed by atoms with E-state index >= 15 is 0 Å².